The van der Waals surface area contributed by atoms with Crippen LogP contribution in [0.5, 0.6) is 0 Å². The van der Waals surface area contributed by atoms with Crippen LogP contribution in [-0.4, -0.2) is 94.4 Å². The predicted octanol–water partition coefficient (Wildman–Crippen LogP) is 4.09. The third-order valence-corrected chi connectivity index (χ3v) is 5.11. The summed E-state index contributed by atoms with van der Waals surface area (Å²) in [6, 6.07) is 0. The summed E-state index contributed by atoms with van der Waals surface area (Å²) < 4.78 is 35.9. The molecule has 0 atom stereocenters. The zero-order valence-corrected chi connectivity index (χ0v) is 25.7. The highest BCUT2D eigenvalue weighted by molar-refractivity contribution is 7.79. The van der Waals surface area contributed by atoms with Crippen molar-refractivity contribution in [3.8, 4) is 0 Å². The third kappa shape index (κ3) is 70.8. The van der Waals surface area contributed by atoms with E-state index in [0.29, 0.717) is 26.2 Å². The van der Waals surface area contributed by atoms with Crippen LogP contribution in [0.4, 0.5) is 0 Å². The number of aliphatic hydroxyl groups is 4. The molecule has 40 heavy (non-hydrogen) atoms. The zero-order valence-electron chi connectivity index (χ0n) is 24.8. The predicted molar refractivity (Wildman–Crippen MR) is 164 cm³/mol. The van der Waals surface area contributed by atoms with E-state index in [9.17, 15) is 0 Å². The molecule has 0 aromatic rings. The van der Waals surface area contributed by atoms with Crippen LogP contribution in [0.3, 0.4) is 0 Å². The molecule has 0 amide bonds. The lowest BCUT2D eigenvalue weighted by molar-refractivity contribution is 0.136. The van der Waals surface area contributed by atoms with E-state index in [1.807, 2.05) is 0 Å². The second-order valence-electron chi connectivity index (χ2n) is 8.59. The van der Waals surface area contributed by atoms with E-state index in [4.69, 9.17) is 37.9 Å². The lowest BCUT2D eigenvalue weighted by Crippen LogP contribution is -2.32. The van der Waals surface area contributed by atoms with Crippen molar-refractivity contribution in [1.29, 1.82) is 0 Å². The van der Waals surface area contributed by atoms with Gasteiger partial charge in [-0.3, -0.25) is 14.0 Å². The van der Waals surface area contributed by atoms with Crippen LogP contribution in [0, 0.1) is 0 Å². The van der Waals surface area contributed by atoms with Crippen LogP contribution in [0.25, 0.3) is 0 Å². The number of aliphatic hydroxyl groups excluding tert-OH is 4. The molecule has 11 nitrogen and oxygen atoms in total. The van der Waals surface area contributed by atoms with Crippen LogP contribution in [0.15, 0.2) is 37.8 Å². The molecular weight excluding hydrogens is 542 g/mol. The van der Waals surface area contributed by atoms with E-state index in [2.05, 4.69) is 37.0 Å². The molecule has 0 aromatic heterocycles. The van der Waals surface area contributed by atoms with E-state index in [0.717, 1.165) is 6.42 Å². The zero-order chi connectivity index (χ0) is 30.5. The minimum Gasteiger partial charge on any atom is -0.474 e. The summed E-state index contributed by atoms with van der Waals surface area (Å²) in [4.78, 5) is 1.79. The maximum atomic E-state index is 8.74. The summed E-state index contributed by atoms with van der Waals surface area (Å²) in [5, 5.41) is 34.1. The minimum absolute atomic E-state index is 0. The normalized spacial score (nSPS) is 10.3. The lowest BCUT2D eigenvalue weighted by Gasteiger charge is -2.17. The Morgan fingerprint density at radius 2 is 0.950 bits per heavy atom. The van der Waals surface area contributed by atoms with Gasteiger partial charge in [-0.15, -0.1) is 0 Å². The molecule has 0 spiro atoms. The first kappa shape index (κ1) is 48.4. The van der Waals surface area contributed by atoms with E-state index in [1.54, 1.807) is 4.90 Å². The summed E-state index contributed by atoms with van der Waals surface area (Å²) in [5.41, 5.74) is 0. The number of allylic oxidation sites excluding steroid dienone is 2. The number of rotatable bonds is 23. The molecule has 8 N–H and O–H groups in total. The Kier molecular flexibility index (Phi) is 54.0. The molecule has 0 rings (SSSR count). The molecule has 0 aliphatic carbocycles. The Labute approximate surface area is 244 Å². The SMILES string of the molecule is C=COC=C.CCCCCCCC/C=C\CCCCCCCCO.O.O=S(=O)(O)O.OCCN(CCO)CCO. The first-order chi connectivity index (χ1) is 18.7. The molecule has 0 fully saturated rings. The maximum Gasteiger partial charge on any atom is 0.394 e. The maximum absolute atomic E-state index is 8.74. The van der Waals surface area contributed by atoms with Crippen molar-refractivity contribution in [3.05, 3.63) is 37.8 Å². The summed E-state index contributed by atoms with van der Waals surface area (Å²) in [6.07, 6.45) is 25.8. The fourth-order valence-electron chi connectivity index (χ4n) is 3.19. The van der Waals surface area contributed by atoms with Crippen molar-refractivity contribution in [3.63, 3.8) is 0 Å². The highest BCUT2D eigenvalue weighted by Crippen LogP contribution is 2.09. The summed E-state index contributed by atoms with van der Waals surface area (Å²) in [6.45, 7) is 10.9. The van der Waals surface area contributed by atoms with Gasteiger partial charge < -0.3 is 30.6 Å². The van der Waals surface area contributed by atoms with E-state index in [-0.39, 0.29) is 25.3 Å². The summed E-state index contributed by atoms with van der Waals surface area (Å²) in [5.74, 6) is 0. The molecule has 244 valence electrons. The van der Waals surface area contributed by atoms with Gasteiger partial charge in [0, 0.05) is 26.2 Å². The molecule has 0 aliphatic rings. The van der Waals surface area contributed by atoms with Gasteiger partial charge in [-0.25, -0.2) is 0 Å². The van der Waals surface area contributed by atoms with Crippen LogP contribution >= 0.6 is 0 Å². The van der Waals surface area contributed by atoms with Crippen LogP contribution in [-0.2, 0) is 15.1 Å². The molecular formula is C28H61NO10S. The van der Waals surface area contributed by atoms with Gasteiger partial charge >= 0.3 is 10.4 Å². The molecule has 0 aliphatic heterocycles. The van der Waals surface area contributed by atoms with E-state index >= 15 is 0 Å². The summed E-state index contributed by atoms with van der Waals surface area (Å²) in [7, 11) is -4.67. The van der Waals surface area contributed by atoms with Crippen molar-refractivity contribution in [1.82, 2.24) is 4.90 Å². The van der Waals surface area contributed by atoms with Crippen LogP contribution < -0.4 is 0 Å². The number of unbranched alkanes of at least 4 members (excludes halogenated alkanes) is 12. The second kappa shape index (κ2) is 44.7. The van der Waals surface area contributed by atoms with Gasteiger partial charge in [-0.05, 0) is 32.1 Å². The first-order valence-corrected chi connectivity index (χ1v) is 15.5. The highest BCUT2D eigenvalue weighted by Gasteiger charge is 2.00. The van der Waals surface area contributed by atoms with Crippen molar-refractivity contribution < 1.29 is 48.2 Å². The average Bonchev–Trinajstić information content (AvgIpc) is 2.87. The number of hydrogen-bond acceptors (Lipinski definition) is 8. The van der Waals surface area contributed by atoms with Crippen molar-refractivity contribution in [2.24, 2.45) is 0 Å². The minimum atomic E-state index is -4.67. The Morgan fingerprint density at radius 1 is 0.625 bits per heavy atom. The summed E-state index contributed by atoms with van der Waals surface area (Å²) >= 11 is 0. The van der Waals surface area contributed by atoms with Gasteiger partial charge in [0.2, 0.25) is 0 Å². The van der Waals surface area contributed by atoms with Crippen molar-refractivity contribution >= 4 is 10.4 Å². The smallest absolute Gasteiger partial charge is 0.394 e. The van der Waals surface area contributed by atoms with Gasteiger partial charge in [0.15, 0.2) is 0 Å². The lowest BCUT2D eigenvalue weighted by atomic mass is 10.1. The monoisotopic (exact) mass is 603 g/mol. The fourth-order valence-corrected chi connectivity index (χ4v) is 3.19. The number of hydrogen-bond donors (Lipinski definition) is 6. The van der Waals surface area contributed by atoms with Gasteiger partial charge in [0.25, 0.3) is 0 Å². The van der Waals surface area contributed by atoms with Gasteiger partial charge in [0.1, 0.15) is 0 Å². The standard InChI is InChI=1S/C18H36O.C6H15NO3.C4H6O.H2O4S.H2O/c1-2-3-4-5-6-7-8-9-10-11-12-13-14-15-16-17-18-19;8-4-1-7(2-5-9)3-6-10;1-3-5-4-2;1-5(2,3)4;/h9-10,19H,2-8,11-18H2,1H3;8-10H,1-6H2;3-4H,1-2H2;(H2,1,2,3,4);1H2/b10-9-;;;;. The number of nitrogens with zero attached hydrogens (tertiary/aromatic N) is 1. The van der Waals surface area contributed by atoms with Gasteiger partial charge in [-0.1, -0.05) is 90.0 Å². The van der Waals surface area contributed by atoms with Crippen molar-refractivity contribution in [2.75, 3.05) is 46.1 Å². The molecule has 12 heteroatoms. The molecule has 0 radical (unpaired) electrons. The highest BCUT2D eigenvalue weighted by atomic mass is 32.3. The Morgan fingerprint density at radius 3 is 1.23 bits per heavy atom. The van der Waals surface area contributed by atoms with Crippen molar-refractivity contribution in [2.45, 2.75) is 96.8 Å². The van der Waals surface area contributed by atoms with Crippen LogP contribution in [0.2, 0.25) is 0 Å². The van der Waals surface area contributed by atoms with Gasteiger partial charge in [-0.2, -0.15) is 8.42 Å². The molecule has 0 heterocycles. The topological polar surface area (TPSA) is 199 Å². The number of ether oxygens (including phenoxy) is 1. The third-order valence-electron chi connectivity index (χ3n) is 5.11. The quantitative estimate of drug-likeness (QED) is 0.0428. The van der Waals surface area contributed by atoms with E-state index < -0.39 is 10.4 Å². The molecule has 0 bridgehead atoms. The average molecular weight is 604 g/mol. The van der Waals surface area contributed by atoms with E-state index in [1.165, 1.54) is 96.0 Å². The Hall–Kier alpha value is -1.35. The molecule has 0 saturated heterocycles. The second-order valence-corrected chi connectivity index (χ2v) is 9.49. The Balaban J connectivity index is -0.000000162. The first-order valence-electron chi connectivity index (χ1n) is 14.1. The molecule has 0 saturated carbocycles. The van der Waals surface area contributed by atoms with Gasteiger partial charge in [0.05, 0.1) is 32.3 Å². The van der Waals surface area contributed by atoms with Crippen LogP contribution in [0.1, 0.15) is 96.8 Å². The largest absolute Gasteiger partial charge is 0.474 e. The Bertz CT molecular complexity index is 561. The molecule has 0 aromatic carbocycles. The fraction of sp³-hybridized carbons (Fsp3) is 0.786. The molecule has 0 unspecified atom stereocenters.